The highest BCUT2D eigenvalue weighted by atomic mass is 79.9. The Morgan fingerprint density at radius 2 is 1.45 bits per heavy atom. The molecule has 31 heavy (non-hydrogen) atoms. The molecule has 13 heteroatoms. The summed E-state index contributed by atoms with van der Waals surface area (Å²) in [5.74, 6) is -1.10. The Labute approximate surface area is 182 Å². The van der Waals surface area contributed by atoms with Crippen molar-refractivity contribution in [3.63, 3.8) is 0 Å². The van der Waals surface area contributed by atoms with E-state index in [4.69, 9.17) is 0 Å². The van der Waals surface area contributed by atoms with Gasteiger partial charge in [0.15, 0.2) is 0 Å². The molecule has 2 rings (SSSR count). The number of hydrogen-bond acceptors (Lipinski definition) is 3. The van der Waals surface area contributed by atoms with Gasteiger partial charge < -0.3 is 5.32 Å². The molecule has 0 bridgehead atoms. The molecule has 0 saturated heterocycles. The van der Waals surface area contributed by atoms with Crippen LogP contribution in [0.1, 0.15) is 18.1 Å². The molecule has 0 aromatic heterocycles. The van der Waals surface area contributed by atoms with Crippen LogP contribution in [0.2, 0.25) is 0 Å². The fourth-order valence-corrected chi connectivity index (χ4v) is 4.18. The summed E-state index contributed by atoms with van der Waals surface area (Å²) in [5.41, 5.74) is -3.97. The van der Waals surface area contributed by atoms with Crippen LogP contribution < -0.4 is 5.32 Å². The normalized spacial score (nSPS) is 12.8. The predicted octanol–water partition coefficient (Wildman–Crippen LogP) is 5.14. The van der Waals surface area contributed by atoms with E-state index in [-0.39, 0.29) is 17.5 Å². The van der Waals surface area contributed by atoms with Crippen molar-refractivity contribution in [1.82, 2.24) is 4.31 Å². The average molecular weight is 533 g/mol. The van der Waals surface area contributed by atoms with E-state index in [1.165, 1.54) is 31.2 Å². The zero-order valence-electron chi connectivity index (χ0n) is 15.7. The molecule has 0 radical (unpaired) electrons. The standard InChI is InChI=1S/C18H15BrF6N2O3S/c1-2-27(31(29,30)15-5-3-13(19)4-6-15)10-16(28)26-14-8-11(17(20,21)22)7-12(9-14)18(23,24)25/h3-9H,2,10H2,1H3,(H,26,28). The van der Waals surface area contributed by atoms with Crippen LogP contribution in [0.3, 0.4) is 0 Å². The molecule has 1 amide bonds. The Bertz CT molecular complexity index is 1020. The van der Waals surface area contributed by atoms with Crippen LogP contribution in [0.15, 0.2) is 51.8 Å². The molecule has 0 aliphatic heterocycles. The van der Waals surface area contributed by atoms with E-state index in [1.54, 1.807) is 0 Å². The number of benzene rings is 2. The van der Waals surface area contributed by atoms with Gasteiger partial charge in [-0.25, -0.2) is 8.42 Å². The van der Waals surface area contributed by atoms with E-state index >= 15 is 0 Å². The first kappa shape index (κ1) is 25.1. The molecule has 0 atom stereocenters. The molecule has 2 aromatic carbocycles. The second kappa shape index (κ2) is 9.17. The fourth-order valence-electron chi connectivity index (χ4n) is 2.51. The van der Waals surface area contributed by atoms with Crippen LogP contribution in [0.5, 0.6) is 0 Å². The minimum atomic E-state index is -5.08. The van der Waals surface area contributed by atoms with Crippen LogP contribution >= 0.6 is 15.9 Å². The van der Waals surface area contributed by atoms with Crippen molar-refractivity contribution in [3.8, 4) is 0 Å². The molecule has 0 saturated carbocycles. The maximum atomic E-state index is 12.9. The lowest BCUT2D eigenvalue weighted by Gasteiger charge is -2.20. The number of rotatable bonds is 6. The number of nitrogens with one attached hydrogen (secondary N) is 1. The van der Waals surface area contributed by atoms with Gasteiger partial charge in [0.25, 0.3) is 0 Å². The van der Waals surface area contributed by atoms with Crippen molar-refractivity contribution in [2.24, 2.45) is 0 Å². The van der Waals surface area contributed by atoms with Crippen molar-refractivity contribution in [2.75, 3.05) is 18.4 Å². The van der Waals surface area contributed by atoms with E-state index in [2.05, 4.69) is 15.9 Å². The van der Waals surface area contributed by atoms with Gasteiger partial charge in [0.05, 0.1) is 22.6 Å². The monoisotopic (exact) mass is 532 g/mol. The van der Waals surface area contributed by atoms with E-state index in [0.29, 0.717) is 16.6 Å². The summed E-state index contributed by atoms with van der Waals surface area (Å²) >= 11 is 3.15. The molecule has 2 aromatic rings. The Balaban J connectivity index is 2.29. The van der Waals surface area contributed by atoms with Crippen molar-refractivity contribution in [2.45, 2.75) is 24.2 Å². The second-order valence-electron chi connectivity index (χ2n) is 6.23. The van der Waals surface area contributed by atoms with Gasteiger partial charge in [-0.05, 0) is 42.5 Å². The van der Waals surface area contributed by atoms with E-state index in [9.17, 15) is 39.6 Å². The minimum Gasteiger partial charge on any atom is -0.325 e. The Morgan fingerprint density at radius 3 is 1.87 bits per heavy atom. The number of nitrogens with zero attached hydrogens (tertiary/aromatic N) is 1. The molecular weight excluding hydrogens is 518 g/mol. The van der Waals surface area contributed by atoms with Gasteiger partial charge in [0.1, 0.15) is 0 Å². The van der Waals surface area contributed by atoms with E-state index in [1.807, 2.05) is 5.32 Å². The molecule has 170 valence electrons. The number of anilines is 1. The van der Waals surface area contributed by atoms with Crippen LogP contribution in [0.25, 0.3) is 0 Å². The highest BCUT2D eigenvalue weighted by Gasteiger charge is 2.37. The molecule has 0 aliphatic rings. The van der Waals surface area contributed by atoms with Crippen molar-refractivity contribution >= 4 is 37.5 Å². The topological polar surface area (TPSA) is 66.5 Å². The number of likely N-dealkylation sites (N-methyl/N-ethyl adjacent to an activating group) is 1. The summed E-state index contributed by atoms with van der Waals surface area (Å²) in [7, 11) is -4.13. The number of halogens is 7. The third kappa shape index (κ3) is 6.43. The SMILES string of the molecule is CCN(CC(=O)Nc1cc(C(F)(F)F)cc(C(F)(F)F)c1)S(=O)(=O)c1ccc(Br)cc1. The zero-order valence-corrected chi connectivity index (χ0v) is 18.1. The lowest BCUT2D eigenvalue weighted by molar-refractivity contribution is -0.143. The predicted molar refractivity (Wildman–Crippen MR) is 104 cm³/mol. The molecule has 1 N–H and O–H groups in total. The second-order valence-corrected chi connectivity index (χ2v) is 9.08. The lowest BCUT2D eigenvalue weighted by Crippen LogP contribution is -2.37. The van der Waals surface area contributed by atoms with E-state index < -0.39 is 51.6 Å². The van der Waals surface area contributed by atoms with Gasteiger partial charge in [-0.2, -0.15) is 30.6 Å². The largest absolute Gasteiger partial charge is 0.416 e. The van der Waals surface area contributed by atoms with Crippen LogP contribution in [-0.2, 0) is 27.2 Å². The maximum absolute atomic E-state index is 12.9. The lowest BCUT2D eigenvalue weighted by atomic mass is 10.1. The third-order valence-corrected chi connectivity index (χ3v) is 6.46. The third-order valence-electron chi connectivity index (χ3n) is 4.00. The first-order chi connectivity index (χ1) is 14.1. The number of hydrogen-bond donors (Lipinski definition) is 1. The molecule has 0 fully saturated rings. The number of sulfonamides is 1. The molecule has 5 nitrogen and oxygen atoms in total. The number of carbonyl (C=O) groups excluding carboxylic acids is 1. The smallest absolute Gasteiger partial charge is 0.325 e. The van der Waals surface area contributed by atoms with Gasteiger partial charge in [0, 0.05) is 16.7 Å². The van der Waals surface area contributed by atoms with Crippen LogP contribution in [-0.4, -0.2) is 31.7 Å². The first-order valence-electron chi connectivity index (χ1n) is 8.49. The number of carbonyl (C=O) groups is 1. The van der Waals surface area contributed by atoms with Gasteiger partial charge in [0.2, 0.25) is 15.9 Å². The number of alkyl halides is 6. The fraction of sp³-hybridized carbons (Fsp3) is 0.278. The van der Waals surface area contributed by atoms with Crippen LogP contribution in [0.4, 0.5) is 32.0 Å². The molecule has 0 unspecified atom stereocenters. The summed E-state index contributed by atoms with van der Waals surface area (Å²) < 4.78 is 104. The highest BCUT2D eigenvalue weighted by Crippen LogP contribution is 2.37. The summed E-state index contributed by atoms with van der Waals surface area (Å²) in [6.07, 6.45) is -10.2. The summed E-state index contributed by atoms with van der Waals surface area (Å²) in [6, 6.07) is 6.08. The number of amides is 1. The van der Waals surface area contributed by atoms with Gasteiger partial charge in [-0.1, -0.05) is 22.9 Å². The molecule has 0 aliphatic carbocycles. The Hall–Kier alpha value is -2.12. The first-order valence-corrected chi connectivity index (χ1v) is 10.7. The minimum absolute atomic E-state index is 0.0774. The summed E-state index contributed by atoms with van der Waals surface area (Å²) in [5, 5.41) is 1.91. The molecule has 0 heterocycles. The highest BCUT2D eigenvalue weighted by molar-refractivity contribution is 9.10. The van der Waals surface area contributed by atoms with Crippen molar-refractivity contribution in [1.29, 1.82) is 0 Å². The molecule has 0 spiro atoms. The van der Waals surface area contributed by atoms with Gasteiger partial charge in [-0.3, -0.25) is 4.79 Å². The quantitative estimate of drug-likeness (QED) is 0.524. The maximum Gasteiger partial charge on any atom is 0.416 e. The zero-order chi connectivity index (χ0) is 23.6. The van der Waals surface area contributed by atoms with Gasteiger partial charge >= 0.3 is 12.4 Å². The molecular formula is C18H15BrF6N2O3S. The van der Waals surface area contributed by atoms with Crippen LogP contribution in [0, 0.1) is 0 Å². The average Bonchev–Trinajstić information content (AvgIpc) is 2.64. The van der Waals surface area contributed by atoms with Gasteiger partial charge in [-0.15, -0.1) is 0 Å². The summed E-state index contributed by atoms with van der Waals surface area (Å²) in [4.78, 5) is 12.1. The van der Waals surface area contributed by atoms with E-state index in [0.717, 1.165) is 4.31 Å². The van der Waals surface area contributed by atoms with Crippen molar-refractivity contribution in [3.05, 3.63) is 58.1 Å². The Morgan fingerprint density at radius 1 is 0.968 bits per heavy atom. The van der Waals surface area contributed by atoms with Crippen molar-refractivity contribution < 1.29 is 39.6 Å². The summed E-state index contributed by atoms with van der Waals surface area (Å²) in [6.45, 7) is 0.449. The Kier molecular flexibility index (Phi) is 7.43.